The smallest absolute Gasteiger partial charge is 0.316 e. The number of aliphatic carboxylic acids is 1. The lowest BCUT2D eigenvalue weighted by Gasteiger charge is -2.10. The van der Waals surface area contributed by atoms with Crippen molar-refractivity contribution in [2.75, 3.05) is 12.4 Å². The molecule has 1 atom stereocenters. The van der Waals surface area contributed by atoms with E-state index in [9.17, 15) is 9.18 Å². The average molecular weight is 236 g/mol. The summed E-state index contributed by atoms with van der Waals surface area (Å²) in [5.74, 6) is 0.175. The fourth-order valence-electron chi connectivity index (χ4n) is 1.32. The number of carboxylic acid groups (broad SMARTS) is 1. The third-order valence-corrected chi connectivity index (χ3v) is 3.54. The molecular formula is C11H21FO2S. The summed E-state index contributed by atoms with van der Waals surface area (Å²) in [5.41, 5.74) is 0. The molecule has 0 saturated heterocycles. The molecular weight excluding hydrogens is 215 g/mol. The molecule has 0 amide bonds. The Bertz CT molecular complexity index is 165. The number of hydrogen-bond donors (Lipinski definition) is 1. The number of carboxylic acids is 1. The van der Waals surface area contributed by atoms with Gasteiger partial charge in [-0.3, -0.25) is 9.18 Å². The number of unbranched alkanes of at least 4 members (excludes halogenated alkanes) is 3. The van der Waals surface area contributed by atoms with Crippen LogP contribution in [-0.2, 0) is 4.79 Å². The number of carbonyl (C=O) groups is 1. The van der Waals surface area contributed by atoms with E-state index in [0.29, 0.717) is 6.42 Å². The minimum atomic E-state index is -0.703. The number of alkyl halides is 1. The molecule has 0 rings (SSSR count). The summed E-state index contributed by atoms with van der Waals surface area (Å²) in [7, 11) is 0. The highest BCUT2D eigenvalue weighted by Gasteiger charge is 2.15. The molecule has 0 aliphatic carbocycles. The third-order valence-electron chi connectivity index (χ3n) is 2.17. The minimum absolute atomic E-state index is 0.235. The van der Waals surface area contributed by atoms with Crippen molar-refractivity contribution in [1.82, 2.24) is 0 Å². The van der Waals surface area contributed by atoms with Crippen LogP contribution in [0.15, 0.2) is 0 Å². The largest absolute Gasteiger partial charge is 0.480 e. The number of halogens is 1. The standard InChI is InChI=1S/C11H21FO2S/c1-2-7-10(11(13)14)15-9-6-4-3-5-8-12/h10H,2-9H2,1H3,(H,13,14). The molecule has 0 aliphatic rings. The molecule has 1 unspecified atom stereocenters. The summed E-state index contributed by atoms with van der Waals surface area (Å²) < 4.78 is 11.8. The molecule has 0 saturated carbocycles. The quantitative estimate of drug-likeness (QED) is 0.590. The van der Waals surface area contributed by atoms with E-state index in [0.717, 1.165) is 37.9 Å². The van der Waals surface area contributed by atoms with E-state index in [4.69, 9.17) is 5.11 Å². The number of thioether (sulfide) groups is 1. The summed E-state index contributed by atoms with van der Waals surface area (Å²) in [6.07, 6.45) is 5.22. The zero-order chi connectivity index (χ0) is 11.5. The van der Waals surface area contributed by atoms with Crippen LogP contribution in [0.5, 0.6) is 0 Å². The van der Waals surface area contributed by atoms with Crippen LogP contribution in [0.25, 0.3) is 0 Å². The first kappa shape index (κ1) is 14.8. The van der Waals surface area contributed by atoms with Gasteiger partial charge in [0.2, 0.25) is 0 Å². The van der Waals surface area contributed by atoms with Crippen molar-refractivity contribution >= 4 is 17.7 Å². The van der Waals surface area contributed by atoms with Gasteiger partial charge in [0.05, 0.1) is 6.67 Å². The van der Waals surface area contributed by atoms with Crippen LogP contribution in [0, 0.1) is 0 Å². The Hall–Kier alpha value is -0.250. The molecule has 0 aromatic carbocycles. The first-order chi connectivity index (χ1) is 7.22. The first-order valence-electron chi connectivity index (χ1n) is 5.62. The molecule has 0 aromatic heterocycles. The molecule has 90 valence electrons. The maximum atomic E-state index is 11.8. The van der Waals surface area contributed by atoms with Gasteiger partial charge in [0.1, 0.15) is 5.25 Å². The van der Waals surface area contributed by atoms with Gasteiger partial charge >= 0.3 is 5.97 Å². The maximum absolute atomic E-state index is 11.8. The van der Waals surface area contributed by atoms with Gasteiger partial charge in [-0.05, 0) is 25.0 Å². The van der Waals surface area contributed by atoms with Crippen molar-refractivity contribution in [3.8, 4) is 0 Å². The van der Waals surface area contributed by atoms with E-state index < -0.39 is 5.97 Å². The highest BCUT2D eigenvalue weighted by Crippen LogP contribution is 2.18. The molecule has 4 heteroatoms. The van der Waals surface area contributed by atoms with Crippen molar-refractivity contribution < 1.29 is 14.3 Å². The predicted octanol–water partition coefficient (Wildman–Crippen LogP) is 3.50. The molecule has 0 spiro atoms. The highest BCUT2D eigenvalue weighted by atomic mass is 32.2. The lowest BCUT2D eigenvalue weighted by molar-refractivity contribution is -0.136. The Morgan fingerprint density at radius 3 is 2.53 bits per heavy atom. The highest BCUT2D eigenvalue weighted by molar-refractivity contribution is 8.00. The van der Waals surface area contributed by atoms with Crippen LogP contribution < -0.4 is 0 Å². The number of rotatable bonds is 10. The Morgan fingerprint density at radius 1 is 1.33 bits per heavy atom. The summed E-state index contributed by atoms with van der Waals surface area (Å²) in [4.78, 5) is 10.8. The van der Waals surface area contributed by atoms with Crippen LogP contribution in [-0.4, -0.2) is 28.8 Å². The molecule has 0 aliphatic heterocycles. The fraction of sp³-hybridized carbons (Fsp3) is 0.909. The van der Waals surface area contributed by atoms with Crippen molar-refractivity contribution in [3.63, 3.8) is 0 Å². The topological polar surface area (TPSA) is 37.3 Å². The molecule has 15 heavy (non-hydrogen) atoms. The van der Waals surface area contributed by atoms with Gasteiger partial charge in [-0.1, -0.05) is 26.2 Å². The zero-order valence-corrected chi connectivity index (χ0v) is 10.2. The Labute approximate surface area is 95.6 Å². The van der Waals surface area contributed by atoms with Crippen molar-refractivity contribution in [2.24, 2.45) is 0 Å². The van der Waals surface area contributed by atoms with Gasteiger partial charge < -0.3 is 5.11 Å². The fourth-order valence-corrected chi connectivity index (χ4v) is 2.52. The average Bonchev–Trinajstić information content (AvgIpc) is 2.21. The van der Waals surface area contributed by atoms with Gasteiger partial charge in [-0.15, -0.1) is 11.8 Å². The lowest BCUT2D eigenvalue weighted by Crippen LogP contribution is -2.16. The van der Waals surface area contributed by atoms with E-state index >= 15 is 0 Å². The normalized spacial score (nSPS) is 12.7. The zero-order valence-electron chi connectivity index (χ0n) is 9.38. The van der Waals surface area contributed by atoms with Crippen LogP contribution in [0.2, 0.25) is 0 Å². The second-order valence-corrected chi connectivity index (χ2v) is 4.90. The van der Waals surface area contributed by atoms with Crippen LogP contribution >= 0.6 is 11.8 Å². The van der Waals surface area contributed by atoms with E-state index in [1.807, 2.05) is 6.92 Å². The molecule has 0 radical (unpaired) electrons. The molecule has 0 bridgehead atoms. The molecule has 0 fully saturated rings. The van der Waals surface area contributed by atoms with Crippen molar-refractivity contribution in [1.29, 1.82) is 0 Å². The second-order valence-electron chi connectivity index (χ2n) is 3.59. The van der Waals surface area contributed by atoms with Gasteiger partial charge in [0.25, 0.3) is 0 Å². The SMILES string of the molecule is CCCC(SCCCCCCF)C(=O)O. The Balaban J connectivity index is 3.41. The van der Waals surface area contributed by atoms with Gasteiger partial charge in [0.15, 0.2) is 0 Å². The maximum Gasteiger partial charge on any atom is 0.316 e. The molecule has 0 heterocycles. The van der Waals surface area contributed by atoms with Crippen LogP contribution in [0.1, 0.15) is 45.4 Å². The van der Waals surface area contributed by atoms with E-state index in [1.165, 1.54) is 11.8 Å². The molecule has 2 nitrogen and oxygen atoms in total. The van der Waals surface area contributed by atoms with Crippen molar-refractivity contribution in [3.05, 3.63) is 0 Å². The Kier molecular flexibility index (Phi) is 10.1. The summed E-state index contributed by atoms with van der Waals surface area (Å²) in [6.45, 7) is 1.76. The lowest BCUT2D eigenvalue weighted by atomic mass is 10.2. The van der Waals surface area contributed by atoms with Crippen LogP contribution in [0.4, 0.5) is 4.39 Å². The van der Waals surface area contributed by atoms with E-state index in [1.54, 1.807) is 0 Å². The summed E-state index contributed by atoms with van der Waals surface area (Å²) >= 11 is 1.52. The first-order valence-corrected chi connectivity index (χ1v) is 6.67. The van der Waals surface area contributed by atoms with E-state index in [-0.39, 0.29) is 11.9 Å². The Morgan fingerprint density at radius 2 is 2.00 bits per heavy atom. The van der Waals surface area contributed by atoms with Crippen LogP contribution in [0.3, 0.4) is 0 Å². The molecule has 1 N–H and O–H groups in total. The minimum Gasteiger partial charge on any atom is -0.480 e. The van der Waals surface area contributed by atoms with Gasteiger partial charge in [-0.25, -0.2) is 0 Å². The second kappa shape index (κ2) is 10.3. The summed E-state index contributed by atoms with van der Waals surface area (Å²) in [5, 5.41) is 8.62. The van der Waals surface area contributed by atoms with E-state index in [2.05, 4.69) is 0 Å². The third kappa shape index (κ3) is 8.73. The van der Waals surface area contributed by atoms with Crippen molar-refractivity contribution in [2.45, 2.75) is 50.7 Å². The summed E-state index contributed by atoms with van der Waals surface area (Å²) in [6, 6.07) is 0. The predicted molar refractivity (Wildman–Crippen MR) is 63.2 cm³/mol. The van der Waals surface area contributed by atoms with Gasteiger partial charge in [0, 0.05) is 0 Å². The van der Waals surface area contributed by atoms with Gasteiger partial charge in [-0.2, -0.15) is 0 Å². The molecule has 0 aromatic rings. The monoisotopic (exact) mass is 236 g/mol. The number of hydrogen-bond acceptors (Lipinski definition) is 2.